The van der Waals surface area contributed by atoms with E-state index in [1.54, 1.807) is 7.11 Å². The van der Waals surface area contributed by atoms with Crippen LogP contribution in [-0.2, 0) is 0 Å². The van der Waals surface area contributed by atoms with E-state index in [-0.39, 0.29) is 0 Å². The van der Waals surface area contributed by atoms with E-state index in [0.29, 0.717) is 5.02 Å². The zero-order valence-electron chi connectivity index (χ0n) is 18.7. The number of rotatable bonds is 6. The molecule has 0 amide bonds. The fourth-order valence-corrected chi connectivity index (χ4v) is 4.14. The third-order valence-corrected chi connectivity index (χ3v) is 5.91. The predicted octanol–water partition coefficient (Wildman–Crippen LogP) is 8.22. The molecule has 0 aliphatic rings. The van der Waals surface area contributed by atoms with Gasteiger partial charge in [-0.3, -0.25) is 4.99 Å². The lowest BCUT2D eigenvalue weighted by Crippen LogP contribution is -2.00. The largest absolute Gasteiger partial charge is 0.497 e. The van der Waals surface area contributed by atoms with Crippen molar-refractivity contribution in [3.63, 3.8) is 0 Å². The maximum Gasteiger partial charge on any atom is 0.119 e. The van der Waals surface area contributed by atoms with Crippen molar-refractivity contribution in [1.82, 2.24) is 4.57 Å². The van der Waals surface area contributed by atoms with Gasteiger partial charge in [-0.25, -0.2) is 0 Å². The first-order chi connectivity index (χ1) is 16.7. The predicted molar refractivity (Wildman–Crippen MR) is 142 cm³/mol. The molecular weight excluding hydrogens is 440 g/mol. The minimum atomic E-state index is 0.708. The fraction of sp³-hybridized carbons (Fsp3) is 0.0333. The number of methoxy groups -OCH3 is 1. The van der Waals surface area contributed by atoms with Crippen molar-refractivity contribution in [2.45, 2.75) is 0 Å². The summed E-state index contributed by atoms with van der Waals surface area (Å²) in [6.45, 7) is 0. The second-order valence-corrected chi connectivity index (χ2v) is 8.27. The SMILES string of the molecule is COc1ccc(N=Cc2cc(-c3ccccc3)n(-c3ccc(Cl)cc3)c2-c2ccccc2)cc1. The number of benzene rings is 4. The van der Waals surface area contributed by atoms with Crippen molar-refractivity contribution in [3.05, 3.63) is 126 Å². The van der Waals surface area contributed by atoms with Gasteiger partial charge in [0, 0.05) is 22.5 Å². The van der Waals surface area contributed by atoms with Crippen LogP contribution in [0.25, 0.3) is 28.2 Å². The summed E-state index contributed by atoms with van der Waals surface area (Å²) in [5.41, 5.74) is 7.30. The number of ether oxygens (including phenoxy) is 1. The molecule has 0 fully saturated rings. The highest BCUT2D eigenvalue weighted by atomic mass is 35.5. The van der Waals surface area contributed by atoms with Crippen LogP contribution in [-0.4, -0.2) is 17.9 Å². The molecule has 0 aliphatic heterocycles. The Morgan fingerprint density at radius 2 is 1.35 bits per heavy atom. The molecule has 0 N–H and O–H groups in total. The van der Waals surface area contributed by atoms with Gasteiger partial charge in [-0.2, -0.15) is 0 Å². The van der Waals surface area contributed by atoms with Crippen molar-refractivity contribution in [2.24, 2.45) is 4.99 Å². The molecule has 166 valence electrons. The summed E-state index contributed by atoms with van der Waals surface area (Å²) in [5.74, 6) is 0.809. The maximum atomic E-state index is 6.22. The molecule has 0 unspecified atom stereocenters. The maximum absolute atomic E-state index is 6.22. The molecule has 0 saturated carbocycles. The fourth-order valence-electron chi connectivity index (χ4n) is 4.01. The molecule has 4 aromatic carbocycles. The van der Waals surface area contributed by atoms with Crippen LogP contribution < -0.4 is 4.74 Å². The van der Waals surface area contributed by atoms with Gasteiger partial charge in [0.1, 0.15) is 5.75 Å². The molecule has 3 nitrogen and oxygen atoms in total. The topological polar surface area (TPSA) is 26.5 Å². The molecule has 0 aliphatic carbocycles. The van der Waals surface area contributed by atoms with Gasteiger partial charge in [-0.15, -0.1) is 0 Å². The highest BCUT2D eigenvalue weighted by molar-refractivity contribution is 6.30. The van der Waals surface area contributed by atoms with Gasteiger partial charge >= 0.3 is 0 Å². The highest BCUT2D eigenvalue weighted by Gasteiger charge is 2.18. The van der Waals surface area contributed by atoms with Gasteiger partial charge in [0.05, 0.1) is 24.2 Å². The summed E-state index contributed by atoms with van der Waals surface area (Å²) < 4.78 is 7.54. The van der Waals surface area contributed by atoms with Crippen molar-refractivity contribution < 1.29 is 4.74 Å². The molecule has 5 aromatic rings. The first kappa shape index (κ1) is 21.7. The van der Waals surface area contributed by atoms with Crippen LogP contribution in [0.2, 0.25) is 5.02 Å². The van der Waals surface area contributed by atoms with Crippen LogP contribution in [0.4, 0.5) is 5.69 Å². The number of aliphatic imine (C=N–C) groups is 1. The highest BCUT2D eigenvalue weighted by Crippen LogP contribution is 2.36. The third-order valence-electron chi connectivity index (χ3n) is 5.66. The van der Waals surface area contributed by atoms with E-state index in [4.69, 9.17) is 21.3 Å². The number of halogens is 1. The Balaban J connectivity index is 1.73. The summed E-state index contributed by atoms with van der Waals surface area (Å²) in [4.78, 5) is 4.78. The molecule has 0 radical (unpaired) electrons. The molecule has 0 bridgehead atoms. The smallest absolute Gasteiger partial charge is 0.119 e. The average molecular weight is 463 g/mol. The quantitative estimate of drug-likeness (QED) is 0.233. The van der Waals surface area contributed by atoms with Crippen LogP contribution in [0, 0.1) is 0 Å². The summed E-state index contributed by atoms with van der Waals surface area (Å²) in [7, 11) is 1.66. The summed E-state index contributed by atoms with van der Waals surface area (Å²) in [6, 6.07) is 38.7. The second-order valence-electron chi connectivity index (χ2n) is 7.83. The number of hydrogen-bond acceptors (Lipinski definition) is 2. The van der Waals surface area contributed by atoms with E-state index in [0.717, 1.165) is 45.2 Å². The lowest BCUT2D eigenvalue weighted by molar-refractivity contribution is 0.415. The van der Waals surface area contributed by atoms with Gasteiger partial charge in [-0.05, 0) is 65.7 Å². The van der Waals surface area contributed by atoms with E-state index in [1.165, 1.54) is 0 Å². The minimum Gasteiger partial charge on any atom is -0.497 e. The Kier molecular flexibility index (Phi) is 6.28. The molecule has 1 heterocycles. The zero-order valence-corrected chi connectivity index (χ0v) is 19.5. The monoisotopic (exact) mass is 462 g/mol. The molecule has 0 saturated heterocycles. The van der Waals surface area contributed by atoms with Crippen molar-refractivity contribution in [3.8, 4) is 34.0 Å². The van der Waals surface area contributed by atoms with Gasteiger partial charge < -0.3 is 9.30 Å². The summed E-state index contributed by atoms with van der Waals surface area (Å²) in [5, 5.41) is 0.708. The van der Waals surface area contributed by atoms with Crippen molar-refractivity contribution in [2.75, 3.05) is 7.11 Å². The van der Waals surface area contributed by atoms with E-state index >= 15 is 0 Å². The Bertz CT molecular complexity index is 1410. The van der Waals surface area contributed by atoms with Crippen LogP contribution in [0.1, 0.15) is 5.56 Å². The summed E-state index contributed by atoms with van der Waals surface area (Å²) >= 11 is 6.22. The number of aromatic nitrogens is 1. The molecule has 1 aromatic heterocycles. The second kappa shape index (κ2) is 9.82. The van der Waals surface area contributed by atoms with Crippen LogP contribution in [0.3, 0.4) is 0 Å². The molecule has 0 atom stereocenters. The molecular formula is C30H23ClN2O. The van der Waals surface area contributed by atoms with Crippen LogP contribution in [0.15, 0.2) is 120 Å². The van der Waals surface area contributed by atoms with E-state index in [9.17, 15) is 0 Å². The summed E-state index contributed by atoms with van der Waals surface area (Å²) in [6.07, 6.45) is 1.93. The Hall–Kier alpha value is -4.08. The first-order valence-corrected chi connectivity index (χ1v) is 11.4. The molecule has 0 spiro atoms. The van der Waals surface area contributed by atoms with E-state index in [2.05, 4.69) is 59.2 Å². The lowest BCUT2D eigenvalue weighted by atomic mass is 10.1. The number of nitrogens with zero attached hydrogens (tertiary/aromatic N) is 2. The Morgan fingerprint density at radius 3 is 1.97 bits per heavy atom. The number of hydrogen-bond donors (Lipinski definition) is 0. The van der Waals surface area contributed by atoms with Crippen LogP contribution in [0.5, 0.6) is 5.75 Å². The third kappa shape index (κ3) is 4.52. The van der Waals surface area contributed by atoms with Crippen molar-refractivity contribution >= 4 is 23.5 Å². The van der Waals surface area contributed by atoms with Gasteiger partial charge in [0.15, 0.2) is 0 Å². The van der Waals surface area contributed by atoms with Gasteiger partial charge in [0.2, 0.25) is 0 Å². The average Bonchev–Trinajstić information content (AvgIpc) is 3.29. The Morgan fingerprint density at radius 1 is 0.735 bits per heavy atom. The Labute approximate surface area is 204 Å². The standard InChI is InChI=1S/C30H23ClN2O/c1-34-28-18-14-26(15-19-28)32-21-24-20-29(22-8-4-2-5-9-22)33(27-16-12-25(31)13-17-27)30(24)23-10-6-3-7-11-23/h2-21H,1H3. The minimum absolute atomic E-state index is 0.708. The first-order valence-electron chi connectivity index (χ1n) is 11.0. The molecule has 34 heavy (non-hydrogen) atoms. The molecule has 5 rings (SSSR count). The van der Waals surface area contributed by atoms with Gasteiger partial charge in [0.25, 0.3) is 0 Å². The normalized spacial score (nSPS) is 11.1. The van der Waals surface area contributed by atoms with E-state index in [1.807, 2.05) is 66.9 Å². The van der Waals surface area contributed by atoms with E-state index < -0.39 is 0 Å². The molecule has 4 heteroatoms. The lowest BCUT2D eigenvalue weighted by Gasteiger charge is -2.15. The zero-order chi connectivity index (χ0) is 23.3. The van der Waals surface area contributed by atoms with Crippen molar-refractivity contribution in [1.29, 1.82) is 0 Å². The van der Waals surface area contributed by atoms with Gasteiger partial charge in [-0.1, -0.05) is 72.3 Å². The van der Waals surface area contributed by atoms with Crippen LogP contribution >= 0.6 is 11.6 Å².